The van der Waals surface area contributed by atoms with Crippen LogP contribution in [0, 0.1) is 0 Å². The number of rotatable bonds is 50. The molecule has 12 nitrogen and oxygen atoms in total. The molecule has 0 spiro atoms. The number of aliphatic carboxylic acids is 1. The van der Waals surface area contributed by atoms with Crippen molar-refractivity contribution in [3.05, 3.63) is 170 Å². The highest BCUT2D eigenvalue weighted by Crippen LogP contribution is 2.26. The van der Waals surface area contributed by atoms with Gasteiger partial charge in [0.05, 0.1) is 6.61 Å². The van der Waals surface area contributed by atoms with E-state index in [1.165, 1.54) is 0 Å². The normalized spacial score (nSPS) is 18.8. The van der Waals surface area contributed by atoms with E-state index in [9.17, 15) is 34.5 Å². The molecule has 0 bridgehead atoms. The lowest BCUT2D eigenvalue weighted by molar-refractivity contribution is -0.301. The number of unbranched alkanes of at least 4 members (excludes halogenated alkanes) is 8. The molecule has 0 saturated carbocycles. The summed E-state index contributed by atoms with van der Waals surface area (Å²) in [6.07, 6.45) is 71.7. The average molecular weight is 1150 g/mol. The van der Waals surface area contributed by atoms with Gasteiger partial charge in [0, 0.05) is 19.3 Å². The van der Waals surface area contributed by atoms with E-state index >= 15 is 0 Å². The number of esters is 3. The quantitative estimate of drug-likeness (QED) is 0.0228. The van der Waals surface area contributed by atoms with Crippen LogP contribution in [0.5, 0.6) is 0 Å². The summed E-state index contributed by atoms with van der Waals surface area (Å²) < 4.78 is 28.4. The lowest BCUT2D eigenvalue weighted by Gasteiger charge is -2.40. The molecule has 0 aromatic heterocycles. The van der Waals surface area contributed by atoms with Crippen molar-refractivity contribution in [3.8, 4) is 0 Å². The molecule has 0 aromatic rings. The topological polar surface area (TPSA) is 175 Å². The molecule has 1 aliphatic rings. The molecule has 0 aliphatic carbocycles. The van der Waals surface area contributed by atoms with E-state index in [1.807, 2.05) is 0 Å². The molecule has 6 atom stereocenters. The number of carboxylic acid groups (broad SMARTS) is 1. The van der Waals surface area contributed by atoms with E-state index in [0.29, 0.717) is 19.3 Å². The van der Waals surface area contributed by atoms with Gasteiger partial charge in [-0.3, -0.25) is 14.4 Å². The van der Waals surface area contributed by atoms with Crippen LogP contribution in [0.2, 0.25) is 0 Å². The van der Waals surface area contributed by atoms with Gasteiger partial charge in [-0.25, -0.2) is 4.79 Å². The molecule has 0 aromatic carbocycles. The Morgan fingerprint density at radius 2 is 0.723 bits per heavy atom. The van der Waals surface area contributed by atoms with Crippen molar-refractivity contribution in [2.24, 2.45) is 0 Å². The van der Waals surface area contributed by atoms with Gasteiger partial charge in [0.2, 0.25) is 0 Å². The fraction of sp³-hybridized carbons (Fsp3) is 0.549. The number of carbonyl (C=O) groups is 4. The van der Waals surface area contributed by atoms with Crippen molar-refractivity contribution in [1.29, 1.82) is 0 Å². The lowest BCUT2D eigenvalue weighted by Crippen LogP contribution is -2.61. The molecule has 1 rings (SSSR count). The Balaban J connectivity index is 2.76. The smallest absolute Gasteiger partial charge is 0.335 e. The van der Waals surface area contributed by atoms with Crippen molar-refractivity contribution < 1.29 is 58.2 Å². The van der Waals surface area contributed by atoms with Crippen LogP contribution >= 0.6 is 0 Å². The molecule has 3 N–H and O–H groups in total. The summed E-state index contributed by atoms with van der Waals surface area (Å²) in [5.41, 5.74) is 0. The summed E-state index contributed by atoms with van der Waals surface area (Å²) in [6, 6.07) is 0. The third kappa shape index (κ3) is 46.2. The Morgan fingerprint density at radius 3 is 1.10 bits per heavy atom. The van der Waals surface area contributed by atoms with Crippen LogP contribution in [0.3, 0.4) is 0 Å². The monoisotopic (exact) mass is 1150 g/mol. The van der Waals surface area contributed by atoms with Crippen LogP contribution in [0.4, 0.5) is 0 Å². The second kappa shape index (κ2) is 56.6. The maximum absolute atomic E-state index is 13.2. The molecule has 1 fully saturated rings. The molecule has 0 radical (unpaired) electrons. The highest BCUT2D eigenvalue weighted by atomic mass is 16.7. The number of ether oxygens (including phenoxy) is 5. The number of carbonyl (C=O) groups excluding carboxylic acids is 3. The van der Waals surface area contributed by atoms with Crippen molar-refractivity contribution in [3.63, 3.8) is 0 Å². The van der Waals surface area contributed by atoms with E-state index in [2.05, 4.69) is 191 Å². The molecule has 12 heteroatoms. The summed E-state index contributed by atoms with van der Waals surface area (Å²) in [7, 11) is 0. The fourth-order valence-corrected chi connectivity index (χ4v) is 8.12. The molecule has 6 unspecified atom stereocenters. The molecule has 1 heterocycles. The first-order valence-electron chi connectivity index (χ1n) is 31.1. The minimum Gasteiger partial charge on any atom is -0.479 e. The minimum atomic E-state index is -1.94. The Hall–Kier alpha value is -5.92. The fourth-order valence-electron chi connectivity index (χ4n) is 8.12. The predicted octanol–water partition coefficient (Wildman–Crippen LogP) is 16.7. The van der Waals surface area contributed by atoms with E-state index < -0.39 is 67.3 Å². The van der Waals surface area contributed by atoms with E-state index in [0.717, 1.165) is 141 Å². The molecule has 462 valence electrons. The second-order valence-electron chi connectivity index (χ2n) is 20.2. The summed E-state index contributed by atoms with van der Waals surface area (Å²) in [6.45, 7) is 5.56. The molecule has 1 saturated heterocycles. The number of aliphatic hydroxyl groups excluding tert-OH is 2. The summed E-state index contributed by atoms with van der Waals surface area (Å²) in [4.78, 5) is 51.3. The van der Waals surface area contributed by atoms with Crippen molar-refractivity contribution in [2.45, 2.75) is 237 Å². The van der Waals surface area contributed by atoms with E-state index in [4.69, 9.17) is 23.7 Å². The zero-order valence-electron chi connectivity index (χ0n) is 50.9. The highest BCUT2D eigenvalue weighted by molar-refractivity contribution is 5.74. The van der Waals surface area contributed by atoms with Crippen LogP contribution < -0.4 is 0 Å². The first-order chi connectivity index (χ1) is 40.6. The van der Waals surface area contributed by atoms with E-state index in [-0.39, 0.29) is 25.9 Å². The molecule has 1 aliphatic heterocycles. The van der Waals surface area contributed by atoms with Gasteiger partial charge in [-0.2, -0.15) is 0 Å². The Kier molecular flexibility index (Phi) is 51.2. The molecular weight excluding hydrogens is 1040 g/mol. The summed E-state index contributed by atoms with van der Waals surface area (Å²) >= 11 is 0. The number of hydrogen-bond donors (Lipinski definition) is 3. The number of carboxylic acids is 1. The van der Waals surface area contributed by atoms with Crippen LogP contribution in [-0.4, -0.2) is 89.2 Å². The maximum Gasteiger partial charge on any atom is 0.335 e. The van der Waals surface area contributed by atoms with E-state index in [1.54, 1.807) is 0 Å². The van der Waals surface area contributed by atoms with Crippen molar-refractivity contribution in [2.75, 3.05) is 13.2 Å². The van der Waals surface area contributed by atoms with Crippen LogP contribution in [0.25, 0.3) is 0 Å². The lowest BCUT2D eigenvalue weighted by atomic mass is 9.98. The zero-order chi connectivity index (χ0) is 60.3. The molecular formula is C71H106O12. The maximum atomic E-state index is 13.2. The Bertz CT molecular complexity index is 2090. The second-order valence-corrected chi connectivity index (χ2v) is 20.2. The van der Waals surface area contributed by atoms with Gasteiger partial charge in [0.25, 0.3) is 0 Å². The standard InChI is InChI=1S/C71H106O12/c1-4-7-10-13-16-19-22-25-28-30-32-34-37-39-42-45-48-51-54-57-63(72)79-60-62(81-64(73)58-55-52-49-46-43-40-36-27-24-21-18-15-12-9-6-3)61-80-71-69(67(76)66(75)68(83-71)70(77)78)82-65(74)59-56-53-50-47-44-41-38-35-33-31-29-26-23-20-17-14-11-8-5-2/h7-12,16-21,25-29,32-36,39,41-44,46,62,66-69,71,75-76H,4-6,13-15,22-24,30-31,37-38,40,45,47-61H2,1-3H3,(H,77,78)/b10-7-,11-8-,12-9-,19-16-,20-17-,21-18-,28-25-,29-26-,34-32-,35-33-,36-27-,42-39-,44-41-,46-43-. The van der Waals surface area contributed by atoms with Gasteiger partial charge >= 0.3 is 23.9 Å². The zero-order valence-corrected chi connectivity index (χ0v) is 50.9. The largest absolute Gasteiger partial charge is 0.479 e. The molecule has 0 amide bonds. The van der Waals surface area contributed by atoms with Gasteiger partial charge in [0.1, 0.15) is 18.8 Å². The third-order valence-corrected chi connectivity index (χ3v) is 12.8. The Labute approximate surface area is 500 Å². The van der Waals surface area contributed by atoms with Crippen molar-refractivity contribution in [1.82, 2.24) is 0 Å². The van der Waals surface area contributed by atoms with Crippen LogP contribution in [-0.2, 0) is 42.9 Å². The van der Waals surface area contributed by atoms with Crippen LogP contribution in [0.1, 0.15) is 201 Å². The van der Waals surface area contributed by atoms with Gasteiger partial charge in [0.15, 0.2) is 24.6 Å². The summed E-state index contributed by atoms with van der Waals surface area (Å²) in [5.74, 6) is -3.30. The van der Waals surface area contributed by atoms with Gasteiger partial charge < -0.3 is 39.0 Å². The summed E-state index contributed by atoms with van der Waals surface area (Å²) in [5, 5.41) is 31.6. The molecule has 83 heavy (non-hydrogen) atoms. The van der Waals surface area contributed by atoms with Gasteiger partial charge in [-0.1, -0.05) is 204 Å². The predicted molar refractivity (Wildman–Crippen MR) is 339 cm³/mol. The van der Waals surface area contributed by atoms with Crippen molar-refractivity contribution >= 4 is 23.9 Å². The number of aliphatic hydroxyl groups is 2. The van der Waals surface area contributed by atoms with Gasteiger partial charge in [-0.05, 0) is 148 Å². The van der Waals surface area contributed by atoms with Gasteiger partial charge in [-0.15, -0.1) is 0 Å². The number of allylic oxidation sites excluding steroid dienone is 28. The number of hydrogen-bond acceptors (Lipinski definition) is 11. The first-order valence-corrected chi connectivity index (χ1v) is 31.1. The SMILES string of the molecule is CC/C=C\C/C=C\C/C=C\C/C=C\C/C=C\CCCCCC(=O)OCC(COC1OC(C(=O)O)C(O)C(O)C1OC(=O)CCCCC/C=C\C/C=C\C/C=C\C/C=C\C/C=C\CC)OC(=O)CCCC/C=C\C/C=C\C/C=C\C/C=C\CC. The van der Waals surface area contributed by atoms with Crippen LogP contribution in [0.15, 0.2) is 170 Å². The highest BCUT2D eigenvalue weighted by Gasteiger charge is 2.50. The minimum absolute atomic E-state index is 0.00190. The first kappa shape index (κ1) is 75.1. The Morgan fingerprint density at radius 1 is 0.398 bits per heavy atom. The third-order valence-electron chi connectivity index (χ3n) is 12.8. The average Bonchev–Trinajstić information content (AvgIpc) is 3.57.